The number of hydrogen-bond donors (Lipinski definition) is 1. The van der Waals surface area contributed by atoms with Crippen LogP contribution < -0.4 is 5.73 Å². The van der Waals surface area contributed by atoms with Crippen LogP contribution in [-0.4, -0.2) is 24.1 Å². The zero-order chi connectivity index (χ0) is 13.8. The van der Waals surface area contributed by atoms with Crippen molar-refractivity contribution in [3.63, 3.8) is 0 Å². The number of alkyl halides is 1. The van der Waals surface area contributed by atoms with E-state index < -0.39 is 6.67 Å². The van der Waals surface area contributed by atoms with Crippen molar-refractivity contribution in [2.24, 2.45) is 10.7 Å². The van der Waals surface area contributed by atoms with Gasteiger partial charge in [-0.1, -0.05) is 23.7 Å². The number of guanidine groups is 1. The van der Waals surface area contributed by atoms with Crippen molar-refractivity contribution in [3.05, 3.63) is 34.3 Å². The van der Waals surface area contributed by atoms with E-state index in [2.05, 4.69) is 4.99 Å². The van der Waals surface area contributed by atoms with Crippen LogP contribution in [0.4, 0.5) is 4.39 Å². The molecule has 0 fully saturated rings. The fourth-order valence-corrected chi connectivity index (χ4v) is 2.65. The second-order valence-electron chi connectivity index (χ2n) is 4.26. The van der Waals surface area contributed by atoms with E-state index in [1.54, 1.807) is 0 Å². The van der Waals surface area contributed by atoms with Crippen LogP contribution in [0.25, 0.3) is 0 Å². The molecule has 4 nitrogen and oxygen atoms in total. The van der Waals surface area contributed by atoms with E-state index in [0.717, 1.165) is 24.0 Å². The van der Waals surface area contributed by atoms with Crippen molar-refractivity contribution in [2.45, 2.75) is 18.9 Å². The Kier molecular flexibility index (Phi) is 4.23. The minimum Gasteiger partial charge on any atom is -0.369 e. The van der Waals surface area contributed by atoms with Crippen LogP contribution in [0.5, 0.6) is 0 Å². The van der Waals surface area contributed by atoms with Crippen LogP contribution in [0.2, 0.25) is 5.02 Å². The second-order valence-corrected chi connectivity index (χ2v) is 4.67. The number of aliphatic imine (C=N–C) groups is 1. The molecule has 1 unspecified atom stereocenters. The Labute approximate surface area is 116 Å². The monoisotopic (exact) mass is 280 g/mol. The van der Waals surface area contributed by atoms with E-state index in [-0.39, 0.29) is 18.5 Å². The third-order valence-electron chi connectivity index (χ3n) is 3.21. The highest BCUT2D eigenvalue weighted by atomic mass is 35.5. The topological polar surface area (TPSA) is 65.4 Å². The standard InChI is InChI=1S/C13H14ClFN4/c14-11-3-1-2-10-9(11)4-5-12(10)19(8-16)13(17)18-7-6-15/h1-3,12H,4-7H2,(H2,17,18). The largest absolute Gasteiger partial charge is 0.369 e. The average molecular weight is 281 g/mol. The molecule has 0 saturated carbocycles. The molecule has 1 aromatic carbocycles. The van der Waals surface area contributed by atoms with Gasteiger partial charge in [-0.25, -0.2) is 14.3 Å². The van der Waals surface area contributed by atoms with Gasteiger partial charge in [0, 0.05) is 5.02 Å². The normalized spacial score (nSPS) is 17.9. The molecule has 0 spiro atoms. The number of benzene rings is 1. The Morgan fingerprint density at radius 1 is 1.63 bits per heavy atom. The summed E-state index contributed by atoms with van der Waals surface area (Å²) in [6, 6.07) is 5.46. The van der Waals surface area contributed by atoms with E-state index in [1.165, 1.54) is 4.90 Å². The van der Waals surface area contributed by atoms with E-state index in [4.69, 9.17) is 17.3 Å². The Morgan fingerprint density at radius 2 is 2.42 bits per heavy atom. The van der Waals surface area contributed by atoms with Crippen LogP contribution in [-0.2, 0) is 6.42 Å². The fraction of sp³-hybridized carbons (Fsp3) is 0.385. The Morgan fingerprint density at radius 3 is 3.11 bits per heavy atom. The lowest BCUT2D eigenvalue weighted by molar-refractivity contribution is 0.416. The maximum absolute atomic E-state index is 12.1. The highest BCUT2D eigenvalue weighted by Gasteiger charge is 2.30. The molecule has 0 radical (unpaired) electrons. The molecule has 0 bridgehead atoms. The van der Waals surface area contributed by atoms with Gasteiger partial charge in [-0.2, -0.15) is 5.26 Å². The van der Waals surface area contributed by atoms with Crippen LogP contribution in [0.1, 0.15) is 23.6 Å². The molecule has 0 aliphatic heterocycles. The van der Waals surface area contributed by atoms with Crippen molar-refractivity contribution >= 4 is 17.6 Å². The van der Waals surface area contributed by atoms with Gasteiger partial charge in [-0.3, -0.25) is 0 Å². The fourth-order valence-electron chi connectivity index (χ4n) is 2.37. The van der Waals surface area contributed by atoms with Gasteiger partial charge in [0.2, 0.25) is 5.96 Å². The summed E-state index contributed by atoms with van der Waals surface area (Å²) in [4.78, 5) is 5.17. The van der Waals surface area contributed by atoms with Gasteiger partial charge >= 0.3 is 0 Å². The second kappa shape index (κ2) is 5.89. The summed E-state index contributed by atoms with van der Waals surface area (Å²) < 4.78 is 12.1. The summed E-state index contributed by atoms with van der Waals surface area (Å²) in [6.45, 7) is -0.619. The van der Waals surface area contributed by atoms with Gasteiger partial charge in [0.25, 0.3) is 0 Å². The van der Waals surface area contributed by atoms with E-state index >= 15 is 0 Å². The third-order valence-corrected chi connectivity index (χ3v) is 3.56. The molecule has 1 aliphatic carbocycles. The first-order valence-corrected chi connectivity index (χ1v) is 6.39. The molecule has 1 atom stereocenters. The number of nitrogens with zero attached hydrogens (tertiary/aromatic N) is 3. The van der Waals surface area contributed by atoms with E-state index in [0.29, 0.717) is 5.02 Å². The predicted molar refractivity (Wildman–Crippen MR) is 72.4 cm³/mol. The number of nitrogens with two attached hydrogens (primary N) is 1. The predicted octanol–water partition coefficient (Wildman–Crippen LogP) is 2.39. The summed E-state index contributed by atoms with van der Waals surface area (Å²) in [5.74, 6) is 0.0537. The van der Waals surface area contributed by atoms with E-state index in [1.807, 2.05) is 24.4 Å². The number of hydrogen-bond acceptors (Lipinski definition) is 2. The molecule has 0 heterocycles. The molecule has 6 heteroatoms. The highest BCUT2D eigenvalue weighted by Crippen LogP contribution is 2.38. The molecule has 0 aromatic heterocycles. The summed E-state index contributed by atoms with van der Waals surface area (Å²) in [5.41, 5.74) is 7.79. The van der Waals surface area contributed by atoms with Crippen LogP contribution in [0.15, 0.2) is 23.2 Å². The molecule has 0 saturated heterocycles. The lowest BCUT2D eigenvalue weighted by atomic mass is 10.1. The van der Waals surface area contributed by atoms with Crippen molar-refractivity contribution in [2.75, 3.05) is 13.2 Å². The van der Waals surface area contributed by atoms with Crippen LogP contribution >= 0.6 is 11.6 Å². The maximum atomic E-state index is 12.1. The molecule has 1 aliphatic rings. The quantitative estimate of drug-likeness (QED) is 0.400. The average Bonchev–Trinajstić information content (AvgIpc) is 2.83. The van der Waals surface area contributed by atoms with Crippen LogP contribution in [0, 0.1) is 11.5 Å². The van der Waals surface area contributed by atoms with Crippen molar-refractivity contribution in [1.82, 2.24) is 4.90 Å². The SMILES string of the molecule is N#CN(C(N)=NCCF)C1CCc2c(Cl)cccc21. The maximum Gasteiger partial charge on any atom is 0.205 e. The number of fused-ring (bicyclic) bond motifs is 1. The van der Waals surface area contributed by atoms with Crippen LogP contribution in [0.3, 0.4) is 0 Å². The first-order valence-electron chi connectivity index (χ1n) is 6.01. The zero-order valence-corrected chi connectivity index (χ0v) is 11.1. The number of rotatable bonds is 3. The van der Waals surface area contributed by atoms with Gasteiger partial charge in [-0.15, -0.1) is 0 Å². The zero-order valence-electron chi connectivity index (χ0n) is 10.3. The molecular formula is C13H14ClFN4. The molecule has 19 heavy (non-hydrogen) atoms. The Hall–Kier alpha value is -1.80. The molecule has 2 rings (SSSR count). The molecule has 2 N–H and O–H groups in total. The van der Waals surface area contributed by atoms with Gasteiger partial charge < -0.3 is 5.73 Å². The first kappa shape index (κ1) is 13.6. The molecule has 0 amide bonds. The van der Waals surface area contributed by atoms with Crippen molar-refractivity contribution < 1.29 is 4.39 Å². The molecule has 1 aromatic rings. The lowest BCUT2D eigenvalue weighted by Crippen LogP contribution is -2.36. The Balaban J connectivity index is 2.29. The Bertz CT molecular complexity index is 538. The molecule has 100 valence electrons. The van der Waals surface area contributed by atoms with Crippen molar-refractivity contribution in [3.8, 4) is 6.19 Å². The summed E-state index contributed by atoms with van der Waals surface area (Å²) >= 11 is 6.13. The minimum absolute atomic E-state index is 0.0286. The minimum atomic E-state index is -0.590. The summed E-state index contributed by atoms with van der Waals surface area (Å²) in [6.07, 6.45) is 3.57. The lowest BCUT2D eigenvalue weighted by Gasteiger charge is -2.22. The van der Waals surface area contributed by atoms with Gasteiger partial charge in [-0.05, 0) is 30.0 Å². The summed E-state index contributed by atoms with van der Waals surface area (Å²) in [7, 11) is 0. The van der Waals surface area contributed by atoms with E-state index in [9.17, 15) is 9.65 Å². The van der Waals surface area contributed by atoms with Gasteiger partial charge in [0.15, 0.2) is 6.19 Å². The first-order chi connectivity index (χ1) is 9.19. The number of nitriles is 1. The smallest absolute Gasteiger partial charge is 0.205 e. The van der Waals surface area contributed by atoms with Crippen molar-refractivity contribution in [1.29, 1.82) is 5.26 Å². The van der Waals surface area contributed by atoms with Gasteiger partial charge in [0.05, 0.1) is 12.6 Å². The molecular weight excluding hydrogens is 267 g/mol. The third kappa shape index (κ3) is 2.64. The highest BCUT2D eigenvalue weighted by molar-refractivity contribution is 6.31. The van der Waals surface area contributed by atoms with Gasteiger partial charge in [0.1, 0.15) is 6.67 Å². The number of halogens is 2. The summed E-state index contributed by atoms with van der Waals surface area (Å²) in [5, 5.41) is 9.95.